The second-order valence-electron chi connectivity index (χ2n) is 9.30. The van der Waals surface area contributed by atoms with E-state index in [2.05, 4.69) is 57.6 Å². The first-order valence-corrected chi connectivity index (χ1v) is 14.0. The van der Waals surface area contributed by atoms with E-state index in [1.807, 2.05) is 19.1 Å². The number of amides is 1. The van der Waals surface area contributed by atoms with Crippen molar-refractivity contribution in [1.29, 1.82) is 0 Å². The molecule has 2 aromatic carbocycles. The van der Waals surface area contributed by atoms with E-state index >= 15 is 0 Å². The van der Waals surface area contributed by atoms with Crippen LogP contribution in [0.1, 0.15) is 31.7 Å². The van der Waals surface area contributed by atoms with Crippen LogP contribution >= 0.6 is 0 Å². The van der Waals surface area contributed by atoms with Crippen LogP contribution in [0.5, 0.6) is 0 Å². The average Bonchev–Trinajstić information content (AvgIpc) is 2.86. The van der Waals surface area contributed by atoms with Gasteiger partial charge in [-0.15, -0.1) is 0 Å². The molecule has 1 amide bonds. The molecule has 2 saturated heterocycles. The van der Waals surface area contributed by atoms with Gasteiger partial charge in [-0.2, -0.15) is 0 Å². The third kappa shape index (κ3) is 6.37. The number of piperazine rings is 1. The summed E-state index contributed by atoms with van der Waals surface area (Å²) in [6, 6.07) is 18.6. The zero-order chi connectivity index (χ0) is 24.0. The van der Waals surface area contributed by atoms with E-state index in [1.165, 1.54) is 9.87 Å². The number of hydrogen-bond donors (Lipinski definition) is 1. The third-order valence-corrected chi connectivity index (χ3v) is 8.77. The molecule has 0 saturated carbocycles. The van der Waals surface area contributed by atoms with Crippen molar-refractivity contribution < 1.29 is 13.2 Å². The molecule has 2 heterocycles. The Kier molecular flexibility index (Phi) is 8.24. The van der Waals surface area contributed by atoms with Crippen LogP contribution in [0.25, 0.3) is 0 Å². The summed E-state index contributed by atoms with van der Waals surface area (Å²) in [6.45, 7) is 7.63. The number of piperidine rings is 1. The Morgan fingerprint density at radius 2 is 1.68 bits per heavy atom. The molecular weight excluding hydrogens is 448 g/mol. The molecule has 0 radical (unpaired) electrons. The summed E-state index contributed by atoms with van der Waals surface area (Å²) >= 11 is 0. The van der Waals surface area contributed by atoms with Gasteiger partial charge >= 0.3 is 0 Å². The molecule has 2 aliphatic rings. The van der Waals surface area contributed by atoms with Gasteiger partial charge in [0.15, 0.2) is 0 Å². The zero-order valence-electron chi connectivity index (χ0n) is 20.0. The Bertz CT molecular complexity index is 1040. The third-order valence-electron chi connectivity index (χ3n) is 6.73. The van der Waals surface area contributed by atoms with E-state index in [1.54, 1.807) is 0 Å². The topological polar surface area (TPSA) is 73.0 Å². The van der Waals surface area contributed by atoms with Crippen LogP contribution < -0.4 is 10.2 Å². The van der Waals surface area contributed by atoms with E-state index in [4.69, 9.17) is 0 Å². The first-order valence-electron chi connectivity index (χ1n) is 12.3. The van der Waals surface area contributed by atoms with Crippen LogP contribution in [0, 0.1) is 5.92 Å². The van der Waals surface area contributed by atoms with E-state index in [-0.39, 0.29) is 24.1 Å². The van der Waals surface area contributed by atoms with E-state index in [0.29, 0.717) is 13.0 Å². The summed E-state index contributed by atoms with van der Waals surface area (Å²) in [6.07, 6.45) is 2.02. The number of anilines is 2. The summed E-state index contributed by atoms with van der Waals surface area (Å²) in [4.78, 5) is 17.7. The van der Waals surface area contributed by atoms with E-state index < -0.39 is 10.0 Å². The Morgan fingerprint density at radius 3 is 2.35 bits per heavy atom. The molecule has 0 bridgehead atoms. The summed E-state index contributed by atoms with van der Waals surface area (Å²) < 4.78 is 26.3. The number of nitrogens with zero attached hydrogens (tertiary/aromatic N) is 3. The highest BCUT2D eigenvalue weighted by molar-refractivity contribution is 7.89. The van der Waals surface area contributed by atoms with Gasteiger partial charge in [0.2, 0.25) is 15.9 Å². The van der Waals surface area contributed by atoms with Crippen LogP contribution in [0.2, 0.25) is 0 Å². The maximum atomic E-state index is 12.8. The highest BCUT2D eigenvalue weighted by Crippen LogP contribution is 2.24. The van der Waals surface area contributed by atoms with Crippen molar-refractivity contribution in [2.45, 2.75) is 32.7 Å². The first-order chi connectivity index (χ1) is 16.4. The molecule has 8 heteroatoms. The molecular formula is C26H36N4O3S. The quantitative estimate of drug-likeness (QED) is 0.622. The van der Waals surface area contributed by atoms with Gasteiger partial charge in [0, 0.05) is 57.2 Å². The molecule has 2 aliphatic heterocycles. The van der Waals surface area contributed by atoms with Crippen molar-refractivity contribution in [1.82, 2.24) is 9.21 Å². The molecule has 2 aromatic rings. The lowest BCUT2D eigenvalue weighted by atomic mass is 9.98. The molecule has 7 nitrogen and oxygen atoms in total. The SMILES string of the molecule is CCCS(=O)(=O)N1CCCC(C(=O)Nc2ccc(N3CCN(Cc4ccccc4)CC3)cc2)C1. The largest absolute Gasteiger partial charge is 0.369 e. The Hall–Kier alpha value is -2.42. The van der Waals surface area contributed by atoms with Gasteiger partial charge in [0.25, 0.3) is 0 Å². The van der Waals surface area contributed by atoms with Gasteiger partial charge in [0.1, 0.15) is 0 Å². The van der Waals surface area contributed by atoms with E-state index in [9.17, 15) is 13.2 Å². The lowest BCUT2D eigenvalue weighted by Gasteiger charge is -2.36. The predicted octanol–water partition coefficient (Wildman–Crippen LogP) is 3.40. The number of rotatable bonds is 8. The smallest absolute Gasteiger partial charge is 0.228 e. The van der Waals surface area contributed by atoms with Gasteiger partial charge in [-0.3, -0.25) is 9.69 Å². The minimum atomic E-state index is -3.27. The van der Waals surface area contributed by atoms with Gasteiger partial charge in [0.05, 0.1) is 11.7 Å². The van der Waals surface area contributed by atoms with Gasteiger partial charge in [-0.25, -0.2) is 12.7 Å². The van der Waals surface area contributed by atoms with Gasteiger partial charge in [-0.05, 0) is 49.1 Å². The Balaban J connectivity index is 1.27. The highest BCUT2D eigenvalue weighted by atomic mass is 32.2. The number of nitrogens with one attached hydrogen (secondary N) is 1. The molecule has 34 heavy (non-hydrogen) atoms. The first kappa shape index (κ1) is 24.7. The molecule has 0 spiro atoms. The van der Waals surface area contributed by atoms with Crippen LogP contribution in [0.4, 0.5) is 11.4 Å². The summed E-state index contributed by atoms with van der Waals surface area (Å²) in [5.74, 6) is -0.264. The summed E-state index contributed by atoms with van der Waals surface area (Å²) in [7, 11) is -3.27. The van der Waals surface area contributed by atoms with Crippen LogP contribution in [0.3, 0.4) is 0 Å². The maximum Gasteiger partial charge on any atom is 0.228 e. The molecule has 1 unspecified atom stereocenters. The predicted molar refractivity (Wildman–Crippen MR) is 137 cm³/mol. The molecule has 184 valence electrons. The molecule has 0 aromatic heterocycles. The second-order valence-corrected chi connectivity index (χ2v) is 11.4. The van der Waals surface area contributed by atoms with Crippen molar-refractivity contribution in [3.63, 3.8) is 0 Å². The summed E-state index contributed by atoms with van der Waals surface area (Å²) in [5, 5.41) is 2.99. The fourth-order valence-corrected chi connectivity index (χ4v) is 6.39. The number of carbonyl (C=O) groups is 1. The van der Waals surface area contributed by atoms with Crippen molar-refractivity contribution in [2.75, 3.05) is 55.2 Å². The monoisotopic (exact) mass is 484 g/mol. The summed E-state index contributed by atoms with van der Waals surface area (Å²) in [5.41, 5.74) is 3.26. The van der Waals surface area contributed by atoms with Crippen molar-refractivity contribution in [2.24, 2.45) is 5.92 Å². The van der Waals surface area contributed by atoms with Crippen molar-refractivity contribution >= 4 is 27.3 Å². The van der Waals surface area contributed by atoms with E-state index in [0.717, 1.165) is 56.9 Å². The molecule has 1 atom stereocenters. The molecule has 0 aliphatic carbocycles. The second kappa shape index (κ2) is 11.3. The number of hydrogen-bond acceptors (Lipinski definition) is 5. The number of sulfonamides is 1. The lowest BCUT2D eigenvalue weighted by molar-refractivity contribution is -0.120. The van der Waals surface area contributed by atoms with Crippen molar-refractivity contribution in [3.8, 4) is 0 Å². The molecule has 2 fully saturated rings. The van der Waals surface area contributed by atoms with Crippen LogP contribution in [-0.2, 0) is 21.4 Å². The minimum absolute atomic E-state index is 0.0984. The van der Waals surface area contributed by atoms with Crippen LogP contribution in [0.15, 0.2) is 54.6 Å². The standard InChI is InChI=1S/C26H36N4O3S/c1-2-19-34(32,33)30-14-6-9-23(21-30)26(31)27-24-10-12-25(13-11-24)29-17-15-28(16-18-29)20-22-7-4-3-5-8-22/h3-5,7-8,10-13,23H,2,6,9,14-21H2,1H3,(H,27,31). The zero-order valence-corrected chi connectivity index (χ0v) is 20.8. The van der Waals surface area contributed by atoms with Crippen molar-refractivity contribution in [3.05, 3.63) is 60.2 Å². The molecule has 4 rings (SSSR count). The number of benzene rings is 2. The normalized spacial score (nSPS) is 20.3. The highest BCUT2D eigenvalue weighted by Gasteiger charge is 2.31. The molecule has 1 N–H and O–H groups in total. The Labute approximate surface area is 203 Å². The van der Waals surface area contributed by atoms with Crippen LogP contribution in [-0.4, -0.2) is 68.6 Å². The fraction of sp³-hybridized carbons (Fsp3) is 0.500. The Morgan fingerprint density at radius 1 is 0.971 bits per heavy atom. The average molecular weight is 485 g/mol. The van der Waals surface area contributed by atoms with Gasteiger partial charge in [-0.1, -0.05) is 37.3 Å². The number of carbonyl (C=O) groups excluding carboxylic acids is 1. The minimum Gasteiger partial charge on any atom is -0.369 e. The maximum absolute atomic E-state index is 12.8. The lowest BCUT2D eigenvalue weighted by Crippen LogP contribution is -2.46. The van der Waals surface area contributed by atoms with Gasteiger partial charge < -0.3 is 10.2 Å². The fourth-order valence-electron chi connectivity index (χ4n) is 4.80.